The van der Waals surface area contributed by atoms with Crippen LogP contribution in [0.2, 0.25) is 0 Å². The fourth-order valence-electron chi connectivity index (χ4n) is 2.09. The lowest BCUT2D eigenvalue weighted by Crippen LogP contribution is -2.00. The minimum atomic E-state index is 0.538. The van der Waals surface area contributed by atoms with E-state index in [0.717, 1.165) is 0 Å². The highest BCUT2D eigenvalue weighted by molar-refractivity contribution is 7.10. The quantitative estimate of drug-likeness (QED) is 0.690. The van der Waals surface area contributed by atoms with E-state index in [1.165, 1.54) is 23.3 Å². The second-order valence-electron chi connectivity index (χ2n) is 4.23. The Morgan fingerprint density at radius 3 is 2.79 bits per heavy atom. The van der Waals surface area contributed by atoms with Gasteiger partial charge in [-0.25, -0.2) is 0 Å². The number of hydrogen-bond acceptors (Lipinski definition) is 2. The number of rotatable bonds is 4. The van der Waals surface area contributed by atoms with Crippen molar-refractivity contribution in [2.75, 3.05) is 0 Å². The average molecular weight is 210 g/mol. The van der Waals surface area contributed by atoms with Crippen LogP contribution < -0.4 is 0 Å². The lowest BCUT2D eigenvalue weighted by Gasteiger charge is -2.08. The predicted octanol–water partition coefficient (Wildman–Crippen LogP) is 3.73. The van der Waals surface area contributed by atoms with Gasteiger partial charge in [0, 0.05) is 4.88 Å². The minimum Gasteiger partial charge on any atom is -0.370 e. The molecule has 0 radical (unpaired) electrons. The Hall–Kier alpha value is -0.340. The molecular weight excluding hydrogens is 192 g/mol. The molecule has 1 aliphatic rings. The molecule has 1 aromatic rings. The number of hydrogen-bond donors (Lipinski definition) is 0. The van der Waals surface area contributed by atoms with Crippen LogP contribution in [0.15, 0.2) is 11.4 Å². The first-order chi connectivity index (χ1) is 6.72. The fraction of sp³-hybridized carbons (Fsp3) is 0.667. The summed E-state index contributed by atoms with van der Waals surface area (Å²) in [5.41, 5.74) is 1.44. The minimum absolute atomic E-state index is 0.538. The molecule has 1 aromatic heterocycles. The molecule has 1 nitrogen and oxygen atoms in total. The van der Waals surface area contributed by atoms with Crippen LogP contribution in [0.3, 0.4) is 0 Å². The molecule has 1 aliphatic heterocycles. The molecule has 3 unspecified atom stereocenters. The van der Waals surface area contributed by atoms with Crippen LogP contribution in [0.25, 0.3) is 0 Å². The lowest BCUT2D eigenvalue weighted by atomic mass is 9.99. The highest BCUT2D eigenvalue weighted by atomic mass is 32.1. The second-order valence-corrected chi connectivity index (χ2v) is 5.17. The molecule has 0 aromatic carbocycles. The summed E-state index contributed by atoms with van der Waals surface area (Å²) in [5, 5.41) is 2.19. The molecule has 1 fully saturated rings. The summed E-state index contributed by atoms with van der Waals surface area (Å²) in [6.45, 7) is 6.71. The van der Waals surface area contributed by atoms with E-state index in [1.54, 1.807) is 0 Å². The summed E-state index contributed by atoms with van der Waals surface area (Å²) in [6, 6.07) is 2.21. The van der Waals surface area contributed by atoms with Crippen molar-refractivity contribution in [1.82, 2.24) is 0 Å². The third-order valence-electron chi connectivity index (χ3n) is 3.03. The van der Waals surface area contributed by atoms with E-state index in [4.69, 9.17) is 4.74 Å². The topological polar surface area (TPSA) is 12.5 Å². The van der Waals surface area contributed by atoms with Crippen molar-refractivity contribution in [3.63, 3.8) is 0 Å². The van der Waals surface area contributed by atoms with Gasteiger partial charge in [0.1, 0.15) is 0 Å². The molecule has 1 saturated heterocycles. The molecule has 14 heavy (non-hydrogen) atoms. The van der Waals surface area contributed by atoms with Gasteiger partial charge in [-0.1, -0.05) is 13.8 Å². The molecule has 0 saturated carbocycles. The van der Waals surface area contributed by atoms with Gasteiger partial charge in [-0.05, 0) is 42.7 Å². The zero-order valence-corrected chi connectivity index (χ0v) is 9.93. The van der Waals surface area contributed by atoms with Crippen LogP contribution in [0, 0.1) is 6.92 Å². The molecule has 2 heteroatoms. The molecule has 78 valence electrons. The summed E-state index contributed by atoms with van der Waals surface area (Å²) < 4.78 is 5.58. The molecule has 0 N–H and O–H groups in total. The Labute approximate surface area is 90.1 Å². The van der Waals surface area contributed by atoms with Gasteiger partial charge in [-0.15, -0.1) is 11.3 Å². The van der Waals surface area contributed by atoms with Gasteiger partial charge in [-0.3, -0.25) is 0 Å². The van der Waals surface area contributed by atoms with Crippen LogP contribution in [0.1, 0.15) is 43.0 Å². The molecule has 2 heterocycles. The van der Waals surface area contributed by atoms with Crippen LogP contribution in [0.5, 0.6) is 0 Å². The van der Waals surface area contributed by atoms with E-state index < -0.39 is 0 Å². The number of thiophene rings is 1. The smallest absolute Gasteiger partial charge is 0.0847 e. The zero-order valence-electron chi connectivity index (χ0n) is 9.12. The van der Waals surface area contributed by atoms with E-state index in [0.29, 0.717) is 18.1 Å². The summed E-state index contributed by atoms with van der Waals surface area (Å²) in [5.74, 6) is 0.663. The molecule has 0 spiro atoms. The summed E-state index contributed by atoms with van der Waals surface area (Å²) in [4.78, 5) is 1.54. The normalized spacial score (nSPS) is 27.6. The van der Waals surface area contributed by atoms with E-state index in [2.05, 4.69) is 32.2 Å². The number of epoxide rings is 1. The number of aryl methyl sites for hydroxylation is 1. The molecule has 0 bridgehead atoms. The highest BCUT2D eigenvalue weighted by Crippen LogP contribution is 2.36. The van der Waals surface area contributed by atoms with Crippen molar-refractivity contribution in [1.29, 1.82) is 0 Å². The van der Waals surface area contributed by atoms with Crippen molar-refractivity contribution in [3.8, 4) is 0 Å². The van der Waals surface area contributed by atoms with E-state index >= 15 is 0 Å². The monoisotopic (exact) mass is 210 g/mol. The summed E-state index contributed by atoms with van der Waals surface area (Å²) >= 11 is 1.88. The largest absolute Gasteiger partial charge is 0.370 e. The van der Waals surface area contributed by atoms with Gasteiger partial charge in [-0.2, -0.15) is 0 Å². The molecular formula is C12H18OS. The predicted molar refractivity (Wildman–Crippen MR) is 61.0 cm³/mol. The maximum absolute atomic E-state index is 5.58. The van der Waals surface area contributed by atoms with Crippen molar-refractivity contribution < 1.29 is 4.74 Å². The van der Waals surface area contributed by atoms with E-state index in [1.807, 2.05) is 11.3 Å². The van der Waals surface area contributed by atoms with Gasteiger partial charge >= 0.3 is 0 Å². The molecule has 0 aliphatic carbocycles. The molecule has 0 amide bonds. The van der Waals surface area contributed by atoms with Crippen molar-refractivity contribution in [2.45, 2.75) is 51.7 Å². The maximum Gasteiger partial charge on any atom is 0.0847 e. The Bertz CT molecular complexity index is 305. The first-order valence-corrected chi connectivity index (χ1v) is 6.29. The van der Waals surface area contributed by atoms with Crippen LogP contribution in [-0.2, 0) is 4.74 Å². The third-order valence-corrected chi connectivity index (χ3v) is 4.28. The van der Waals surface area contributed by atoms with E-state index in [-0.39, 0.29) is 0 Å². The standard InChI is InChI=1S/C12H18OS/c1-4-10-11(13-10)7-9(3)12-8(2)5-6-14-12/h5-6,9-11H,4,7H2,1-3H3. The maximum atomic E-state index is 5.58. The molecule has 3 atom stereocenters. The van der Waals surface area contributed by atoms with E-state index in [9.17, 15) is 0 Å². The van der Waals surface area contributed by atoms with Gasteiger partial charge in [0.15, 0.2) is 0 Å². The summed E-state index contributed by atoms with van der Waals surface area (Å²) in [6.07, 6.45) is 3.45. The fourth-order valence-corrected chi connectivity index (χ4v) is 3.09. The van der Waals surface area contributed by atoms with Crippen molar-refractivity contribution >= 4 is 11.3 Å². The van der Waals surface area contributed by atoms with Gasteiger partial charge < -0.3 is 4.74 Å². The number of ether oxygens (including phenoxy) is 1. The van der Waals surface area contributed by atoms with Crippen molar-refractivity contribution in [3.05, 3.63) is 21.9 Å². The van der Waals surface area contributed by atoms with Crippen LogP contribution in [0.4, 0.5) is 0 Å². The third kappa shape index (κ3) is 2.01. The first-order valence-electron chi connectivity index (χ1n) is 5.41. The van der Waals surface area contributed by atoms with Gasteiger partial charge in [0.05, 0.1) is 12.2 Å². The zero-order chi connectivity index (χ0) is 10.1. The van der Waals surface area contributed by atoms with Crippen LogP contribution >= 0.6 is 11.3 Å². The Balaban J connectivity index is 1.91. The highest BCUT2D eigenvalue weighted by Gasteiger charge is 2.38. The first kappa shape index (κ1) is 10.2. The Morgan fingerprint density at radius 2 is 2.29 bits per heavy atom. The molecule has 2 rings (SSSR count). The Morgan fingerprint density at radius 1 is 1.50 bits per heavy atom. The van der Waals surface area contributed by atoms with Crippen LogP contribution in [-0.4, -0.2) is 12.2 Å². The Kier molecular flexibility index (Phi) is 2.93. The second kappa shape index (κ2) is 4.03. The van der Waals surface area contributed by atoms with Gasteiger partial charge in [0.25, 0.3) is 0 Å². The van der Waals surface area contributed by atoms with Gasteiger partial charge in [0.2, 0.25) is 0 Å². The average Bonchev–Trinajstić information content (AvgIpc) is 2.77. The lowest BCUT2D eigenvalue weighted by molar-refractivity contribution is 0.353. The SMILES string of the molecule is CCC1OC1CC(C)c1sccc1C. The summed E-state index contributed by atoms with van der Waals surface area (Å²) in [7, 11) is 0. The van der Waals surface area contributed by atoms with Crippen molar-refractivity contribution in [2.24, 2.45) is 0 Å².